The van der Waals surface area contributed by atoms with E-state index in [1.807, 2.05) is 0 Å². The first kappa shape index (κ1) is 16.4. The second kappa shape index (κ2) is 4.80. The highest BCUT2D eigenvalue weighted by Gasteiger charge is 2.67. The van der Waals surface area contributed by atoms with Crippen LogP contribution in [0.2, 0.25) is 0 Å². The van der Waals surface area contributed by atoms with E-state index in [9.17, 15) is 15.0 Å². The third-order valence-electron chi connectivity index (χ3n) is 8.08. The van der Waals surface area contributed by atoms with Gasteiger partial charge in [0.15, 0.2) is 0 Å². The average molecular weight is 308 g/mol. The molecule has 0 amide bonds. The van der Waals surface area contributed by atoms with Crippen molar-refractivity contribution in [1.82, 2.24) is 0 Å². The van der Waals surface area contributed by atoms with Gasteiger partial charge in [-0.3, -0.25) is 4.79 Å². The smallest absolute Gasteiger partial charge is 0.137 e. The van der Waals surface area contributed by atoms with Gasteiger partial charge in [-0.25, -0.2) is 0 Å². The van der Waals surface area contributed by atoms with Crippen LogP contribution in [0, 0.1) is 34.0 Å². The molecule has 0 heterocycles. The molecule has 2 bridgehead atoms. The van der Waals surface area contributed by atoms with Crippen LogP contribution in [0.5, 0.6) is 0 Å². The highest BCUT2D eigenvalue weighted by Crippen LogP contribution is 2.67. The quantitative estimate of drug-likeness (QED) is 0.722. The maximum Gasteiger partial charge on any atom is 0.137 e. The number of hydrogen-bond acceptors (Lipinski definition) is 3. The molecule has 0 saturated heterocycles. The number of rotatable bonds is 0. The van der Waals surface area contributed by atoms with Crippen molar-refractivity contribution in [3.05, 3.63) is 0 Å². The predicted octanol–water partition coefficient (Wildman–Crippen LogP) is 3.18. The van der Waals surface area contributed by atoms with Gasteiger partial charge in [0, 0.05) is 17.8 Å². The third kappa shape index (κ3) is 1.84. The molecule has 0 aromatic heterocycles. The van der Waals surface area contributed by atoms with Crippen molar-refractivity contribution >= 4 is 5.78 Å². The summed E-state index contributed by atoms with van der Waals surface area (Å²) in [6.45, 7) is 10.6. The molecule has 3 saturated carbocycles. The number of Topliss-reactive ketones (excluding diaryl/α,β-unsaturated/α-hetero) is 1. The summed E-state index contributed by atoms with van der Waals surface area (Å²) in [7, 11) is 0. The van der Waals surface area contributed by atoms with Crippen LogP contribution in [0.1, 0.15) is 66.7 Å². The maximum absolute atomic E-state index is 12.8. The molecule has 0 spiro atoms. The maximum atomic E-state index is 12.8. The van der Waals surface area contributed by atoms with Gasteiger partial charge in [0.05, 0.1) is 12.2 Å². The first-order valence-corrected chi connectivity index (χ1v) is 8.96. The molecule has 7 atom stereocenters. The summed E-state index contributed by atoms with van der Waals surface area (Å²) in [6, 6.07) is 0. The highest BCUT2D eigenvalue weighted by atomic mass is 16.3. The first-order chi connectivity index (χ1) is 10.1. The lowest BCUT2D eigenvalue weighted by molar-refractivity contribution is -0.195. The second-order valence-electron chi connectivity index (χ2n) is 9.38. The van der Waals surface area contributed by atoms with E-state index >= 15 is 0 Å². The van der Waals surface area contributed by atoms with Gasteiger partial charge in [0.25, 0.3) is 0 Å². The lowest BCUT2D eigenvalue weighted by Crippen LogP contribution is -2.62. The normalized spacial score (nSPS) is 54.5. The van der Waals surface area contributed by atoms with Crippen LogP contribution in [0.15, 0.2) is 0 Å². The SMILES string of the molecule is C[C@@H]1CC[C@@]23CCC(=O)[C@H]2[C@]1(C)[C@H](O)CC(C)(C)[C@@H](O)[C@@H]3C. The van der Waals surface area contributed by atoms with E-state index < -0.39 is 12.2 Å². The minimum absolute atomic E-state index is 0.0838. The van der Waals surface area contributed by atoms with Gasteiger partial charge in [-0.05, 0) is 48.3 Å². The number of hydrogen-bond donors (Lipinski definition) is 2. The number of aliphatic hydroxyl groups is 2. The van der Waals surface area contributed by atoms with Crippen molar-refractivity contribution in [3.63, 3.8) is 0 Å². The number of ketones is 1. The van der Waals surface area contributed by atoms with Gasteiger partial charge in [-0.2, -0.15) is 0 Å². The molecule has 0 unspecified atom stereocenters. The Balaban J connectivity index is 2.19. The largest absolute Gasteiger partial charge is 0.393 e. The molecule has 2 N–H and O–H groups in total. The number of carbonyl (C=O) groups excluding carboxylic acids is 1. The molecule has 3 aliphatic rings. The second-order valence-corrected chi connectivity index (χ2v) is 9.38. The standard InChI is InChI=1S/C19H32O3/c1-11-6-8-19-9-7-13(20)15(19)18(11,5)14(21)10-17(3,4)16(22)12(19)2/h11-12,14-16,21-22H,6-10H2,1-5H3/t11-,12+,14-,15+,16+,18+,19+/m1/s1. The zero-order chi connectivity index (χ0) is 16.5. The Kier molecular flexibility index (Phi) is 3.59. The molecule has 3 rings (SSSR count). The van der Waals surface area contributed by atoms with E-state index in [-0.39, 0.29) is 28.1 Å². The molecule has 3 heteroatoms. The highest BCUT2D eigenvalue weighted by molar-refractivity contribution is 5.85. The molecular weight excluding hydrogens is 276 g/mol. The number of carbonyl (C=O) groups is 1. The zero-order valence-corrected chi connectivity index (χ0v) is 14.7. The molecule has 0 radical (unpaired) electrons. The van der Waals surface area contributed by atoms with Crippen molar-refractivity contribution in [3.8, 4) is 0 Å². The van der Waals surface area contributed by atoms with Gasteiger partial charge in [-0.15, -0.1) is 0 Å². The summed E-state index contributed by atoms with van der Waals surface area (Å²) in [4.78, 5) is 12.8. The minimum atomic E-state index is -0.522. The molecule has 3 aliphatic carbocycles. The summed E-state index contributed by atoms with van der Waals surface area (Å²) >= 11 is 0. The molecule has 126 valence electrons. The lowest BCUT2D eigenvalue weighted by Gasteiger charge is -2.61. The van der Waals surface area contributed by atoms with Crippen LogP contribution in [0.25, 0.3) is 0 Å². The molecule has 0 aromatic rings. The summed E-state index contributed by atoms with van der Waals surface area (Å²) in [6.07, 6.45) is 3.16. The summed E-state index contributed by atoms with van der Waals surface area (Å²) in [5.41, 5.74) is -0.783. The van der Waals surface area contributed by atoms with Crippen LogP contribution in [-0.4, -0.2) is 28.2 Å². The van der Waals surface area contributed by atoms with Gasteiger partial charge >= 0.3 is 0 Å². The van der Waals surface area contributed by atoms with E-state index in [1.54, 1.807) is 0 Å². The van der Waals surface area contributed by atoms with E-state index in [1.165, 1.54) is 0 Å². The van der Waals surface area contributed by atoms with Gasteiger partial charge in [-0.1, -0.05) is 34.6 Å². The summed E-state index contributed by atoms with van der Waals surface area (Å²) in [5.74, 6) is 0.700. The van der Waals surface area contributed by atoms with Crippen molar-refractivity contribution in [2.75, 3.05) is 0 Å². The summed E-state index contributed by atoms with van der Waals surface area (Å²) < 4.78 is 0. The molecule has 3 fully saturated rings. The Hall–Kier alpha value is -0.410. The average Bonchev–Trinajstić information content (AvgIpc) is 2.79. The minimum Gasteiger partial charge on any atom is -0.393 e. The van der Waals surface area contributed by atoms with Gasteiger partial charge in [0.2, 0.25) is 0 Å². The monoisotopic (exact) mass is 308 g/mol. The summed E-state index contributed by atoms with van der Waals surface area (Å²) in [5, 5.41) is 22.1. The fraction of sp³-hybridized carbons (Fsp3) is 0.947. The van der Waals surface area contributed by atoms with Crippen LogP contribution >= 0.6 is 0 Å². The van der Waals surface area contributed by atoms with Crippen LogP contribution < -0.4 is 0 Å². The van der Waals surface area contributed by atoms with Crippen molar-refractivity contribution in [1.29, 1.82) is 0 Å². The number of aliphatic hydroxyl groups excluding tert-OH is 2. The Morgan fingerprint density at radius 3 is 2.36 bits per heavy atom. The molecular formula is C19H32O3. The van der Waals surface area contributed by atoms with E-state index in [4.69, 9.17) is 0 Å². The molecule has 0 aromatic carbocycles. The molecule has 22 heavy (non-hydrogen) atoms. The first-order valence-electron chi connectivity index (χ1n) is 8.96. The Morgan fingerprint density at radius 1 is 1.09 bits per heavy atom. The molecule has 0 aliphatic heterocycles. The Morgan fingerprint density at radius 2 is 1.73 bits per heavy atom. The fourth-order valence-corrected chi connectivity index (χ4v) is 6.35. The topological polar surface area (TPSA) is 57.5 Å². The van der Waals surface area contributed by atoms with Crippen LogP contribution in [0.4, 0.5) is 0 Å². The van der Waals surface area contributed by atoms with Crippen molar-refractivity contribution in [2.45, 2.75) is 78.9 Å². The Labute approximate surface area is 134 Å². The Bertz CT molecular complexity index is 485. The van der Waals surface area contributed by atoms with Gasteiger partial charge < -0.3 is 10.2 Å². The van der Waals surface area contributed by atoms with Crippen molar-refractivity contribution < 1.29 is 15.0 Å². The lowest BCUT2D eigenvalue weighted by atomic mass is 9.44. The van der Waals surface area contributed by atoms with E-state index in [0.717, 1.165) is 19.3 Å². The third-order valence-corrected chi connectivity index (χ3v) is 8.08. The van der Waals surface area contributed by atoms with Crippen LogP contribution in [-0.2, 0) is 4.79 Å². The van der Waals surface area contributed by atoms with E-state index in [0.29, 0.717) is 24.5 Å². The van der Waals surface area contributed by atoms with Crippen molar-refractivity contribution in [2.24, 2.45) is 34.0 Å². The predicted molar refractivity (Wildman–Crippen MR) is 86.2 cm³/mol. The van der Waals surface area contributed by atoms with Crippen LogP contribution in [0.3, 0.4) is 0 Å². The fourth-order valence-electron chi connectivity index (χ4n) is 6.35. The zero-order valence-electron chi connectivity index (χ0n) is 14.7. The van der Waals surface area contributed by atoms with E-state index in [2.05, 4.69) is 34.6 Å². The molecule has 3 nitrogen and oxygen atoms in total. The van der Waals surface area contributed by atoms with Gasteiger partial charge in [0.1, 0.15) is 5.78 Å².